The largest absolute Gasteiger partial charge is 0.508 e. The summed E-state index contributed by atoms with van der Waals surface area (Å²) in [5.74, 6) is 1.86. The van der Waals surface area contributed by atoms with E-state index in [4.69, 9.17) is 0 Å². The molecule has 0 fully saturated rings. The maximum Gasteiger partial charge on any atom is 0.227 e. The maximum absolute atomic E-state index is 12.6. The average Bonchev–Trinajstić information content (AvgIpc) is 2.95. The number of thioether (sulfide) groups is 1. The normalized spacial score (nSPS) is 19.7. The Balaban J connectivity index is 1.88. The van der Waals surface area contributed by atoms with Gasteiger partial charge in [0.1, 0.15) is 11.8 Å². The molecule has 1 aliphatic heterocycles. The lowest BCUT2D eigenvalue weighted by molar-refractivity contribution is -0.116. The number of Topliss-reactive ketones (excluding diaryl/α,β-unsaturated/α-hetero) is 1. The van der Waals surface area contributed by atoms with Crippen LogP contribution in [0.25, 0.3) is 0 Å². The topological polar surface area (TPSA) is 80.0 Å². The predicted octanol–water partition coefficient (Wildman–Crippen LogP) is 3.12. The number of aromatic nitrogens is 3. The van der Waals surface area contributed by atoms with Crippen molar-refractivity contribution in [2.24, 2.45) is 0 Å². The molecule has 1 atom stereocenters. The smallest absolute Gasteiger partial charge is 0.227 e. The molecule has 0 saturated carbocycles. The lowest BCUT2D eigenvalue weighted by Crippen LogP contribution is -2.31. The van der Waals surface area contributed by atoms with Gasteiger partial charge in [-0.25, -0.2) is 4.68 Å². The van der Waals surface area contributed by atoms with Gasteiger partial charge in [0.15, 0.2) is 5.78 Å². The molecule has 1 unspecified atom stereocenters. The summed E-state index contributed by atoms with van der Waals surface area (Å²) >= 11 is 1.57. The van der Waals surface area contributed by atoms with Crippen molar-refractivity contribution < 1.29 is 9.90 Å². The van der Waals surface area contributed by atoms with Crippen molar-refractivity contribution in [2.75, 3.05) is 11.1 Å². The first-order chi connectivity index (χ1) is 11.7. The number of anilines is 1. The highest BCUT2D eigenvalue weighted by Gasteiger charge is 2.36. The molecule has 0 spiro atoms. The van der Waals surface area contributed by atoms with E-state index in [2.05, 4.69) is 22.3 Å². The number of nitrogens with zero attached hydrogens (tertiary/aromatic N) is 3. The number of nitrogens with one attached hydrogen (secondary N) is 1. The van der Waals surface area contributed by atoms with Crippen molar-refractivity contribution >= 4 is 23.5 Å². The number of benzene rings is 1. The van der Waals surface area contributed by atoms with E-state index in [9.17, 15) is 9.90 Å². The predicted molar refractivity (Wildman–Crippen MR) is 92.2 cm³/mol. The highest BCUT2D eigenvalue weighted by Crippen LogP contribution is 2.40. The zero-order valence-corrected chi connectivity index (χ0v) is 14.1. The van der Waals surface area contributed by atoms with E-state index in [1.807, 2.05) is 6.07 Å². The molecule has 0 radical (unpaired) electrons. The van der Waals surface area contributed by atoms with E-state index in [0.29, 0.717) is 17.5 Å². The lowest BCUT2D eigenvalue weighted by atomic mass is 9.85. The quantitative estimate of drug-likeness (QED) is 0.834. The lowest BCUT2D eigenvalue weighted by Gasteiger charge is -2.32. The number of carbonyl (C=O) groups excluding carboxylic acids is 1. The van der Waals surface area contributed by atoms with Gasteiger partial charge < -0.3 is 10.4 Å². The van der Waals surface area contributed by atoms with E-state index in [1.165, 1.54) is 0 Å². The third kappa shape index (κ3) is 2.49. The van der Waals surface area contributed by atoms with Crippen LogP contribution in [0.2, 0.25) is 0 Å². The Bertz CT molecular complexity index is 843. The number of aromatic hydroxyl groups is 1. The molecule has 2 aliphatic rings. The fourth-order valence-electron chi connectivity index (χ4n) is 3.33. The van der Waals surface area contributed by atoms with Gasteiger partial charge >= 0.3 is 0 Å². The SMILES string of the molecule is CCSc1nc2n(n1)C(c1cccc(O)c1)C1=C(CCCC1=O)N2. The number of allylic oxidation sites excluding steroid dienone is 2. The number of phenols is 1. The summed E-state index contributed by atoms with van der Waals surface area (Å²) in [4.78, 5) is 17.2. The Kier molecular flexibility index (Phi) is 3.80. The second kappa shape index (κ2) is 5.98. The summed E-state index contributed by atoms with van der Waals surface area (Å²) < 4.78 is 1.77. The van der Waals surface area contributed by atoms with Crippen LogP contribution in [-0.4, -0.2) is 31.4 Å². The van der Waals surface area contributed by atoms with Crippen LogP contribution in [0.4, 0.5) is 5.95 Å². The average molecular weight is 342 g/mol. The molecule has 2 heterocycles. The van der Waals surface area contributed by atoms with Gasteiger partial charge in [0, 0.05) is 17.7 Å². The van der Waals surface area contributed by atoms with E-state index in [-0.39, 0.29) is 17.6 Å². The first-order valence-electron chi connectivity index (χ1n) is 8.09. The second-order valence-electron chi connectivity index (χ2n) is 5.89. The molecule has 1 aliphatic carbocycles. The van der Waals surface area contributed by atoms with Crippen LogP contribution in [0.5, 0.6) is 5.75 Å². The van der Waals surface area contributed by atoms with Crippen molar-refractivity contribution in [2.45, 2.75) is 37.4 Å². The minimum absolute atomic E-state index is 0.142. The standard InChI is InChI=1S/C17H18N4O2S/c1-2-24-17-19-16-18-12-7-4-8-13(23)14(12)15(21(16)20-17)10-5-3-6-11(22)9-10/h3,5-6,9,15,22H,2,4,7-8H2,1H3,(H,18,19,20). The Morgan fingerprint density at radius 2 is 2.29 bits per heavy atom. The molecule has 6 nitrogen and oxygen atoms in total. The highest BCUT2D eigenvalue weighted by molar-refractivity contribution is 7.99. The van der Waals surface area contributed by atoms with Gasteiger partial charge in [0.2, 0.25) is 11.1 Å². The number of phenolic OH excluding ortho intramolecular Hbond substituents is 1. The maximum atomic E-state index is 12.6. The molecular formula is C17H18N4O2S. The fourth-order valence-corrected chi connectivity index (χ4v) is 3.88. The zero-order valence-electron chi connectivity index (χ0n) is 13.3. The molecule has 0 bridgehead atoms. The molecule has 1 aromatic carbocycles. The Labute approximate surface area is 144 Å². The van der Waals surface area contributed by atoms with Crippen molar-refractivity contribution in [1.29, 1.82) is 0 Å². The van der Waals surface area contributed by atoms with Crippen LogP contribution < -0.4 is 5.32 Å². The Morgan fingerprint density at radius 1 is 1.42 bits per heavy atom. The number of hydrogen-bond acceptors (Lipinski definition) is 6. The van der Waals surface area contributed by atoms with Crippen LogP contribution in [0.3, 0.4) is 0 Å². The van der Waals surface area contributed by atoms with Gasteiger partial charge in [-0.15, -0.1) is 5.10 Å². The second-order valence-corrected chi connectivity index (χ2v) is 7.12. The fraction of sp³-hybridized carbons (Fsp3) is 0.353. The molecule has 7 heteroatoms. The summed E-state index contributed by atoms with van der Waals surface area (Å²) in [5, 5.41) is 18.5. The summed E-state index contributed by atoms with van der Waals surface area (Å²) in [5.41, 5.74) is 2.53. The monoisotopic (exact) mass is 342 g/mol. The summed E-state index contributed by atoms with van der Waals surface area (Å²) in [6, 6.07) is 6.69. The van der Waals surface area contributed by atoms with Gasteiger partial charge in [-0.05, 0) is 36.3 Å². The molecule has 24 heavy (non-hydrogen) atoms. The van der Waals surface area contributed by atoms with Crippen LogP contribution in [0.15, 0.2) is 40.7 Å². The summed E-state index contributed by atoms with van der Waals surface area (Å²) in [6.07, 6.45) is 2.23. The summed E-state index contributed by atoms with van der Waals surface area (Å²) in [6.45, 7) is 2.05. The van der Waals surface area contributed by atoms with Gasteiger partial charge in [0.05, 0.1) is 0 Å². The van der Waals surface area contributed by atoms with Crippen molar-refractivity contribution in [1.82, 2.24) is 14.8 Å². The molecule has 0 saturated heterocycles. The number of fused-ring (bicyclic) bond motifs is 1. The van der Waals surface area contributed by atoms with Crippen LogP contribution in [0.1, 0.15) is 37.8 Å². The Hall–Kier alpha value is -2.28. The number of rotatable bonds is 3. The third-order valence-corrected chi connectivity index (χ3v) is 5.03. The molecule has 124 valence electrons. The molecule has 2 N–H and O–H groups in total. The minimum atomic E-state index is -0.338. The number of ketones is 1. The summed E-state index contributed by atoms with van der Waals surface area (Å²) in [7, 11) is 0. The molecular weight excluding hydrogens is 324 g/mol. The zero-order chi connectivity index (χ0) is 16.7. The van der Waals surface area contributed by atoms with Crippen LogP contribution >= 0.6 is 11.8 Å². The van der Waals surface area contributed by atoms with Crippen LogP contribution in [0, 0.1) is 0 Å². The van der Waals surface area contributed by atoms with Crippen LogP contribution in [-0.2, 0) is 4.79 Å². The third-order valence-electron chi connectivity index (χ3n) is 4.31. The van der Waals surface area contributed by atoms with E-state index >= 15 is 0 Å². The highest BCUT2D eigenvalue weighted by atomic mass is 32.2. The van der Waals surface area contributed by atoms with E-state index < -0.39 is 0 Å². The van der Waals surface area contributed by atoms with Crippen molar-refractivity contribution in [3.05, 3.63) is 41.1 Å². The number of carbonyl (C=O) groups is 1. The Morgan fingerprint density at radius 3 is 3.08 bits per heavy atom. The first-order valence-corrected chi connectivity index (χ1v) is 9.07. The van der Waals surface area contributed by atoms with E-state index in [1.54, 1.807) is 34.6 Å². The van der Waals surface area contributed by atoms with Crippen molar-refractivity contribution in [3.63, 3.8) is 0 Å². The first kappa shape index (κ1) is 15.3. The molecule has 2 aromatic rings. The molecule has 1 aromatic heterocycles. The number of hydrogen-bond donors (Lipinski definition) is 2. The minimum Gasteiger partial charge on any atom is -0.508 e. The van der Waals surface area contributed by atoms with Gasteiger partial charge in [-0.2, -0.15) is 4.98 Å². The van der Waals surface area contributed by atoms with Gasteiger partial charge in [-0.1, -0.05) is 30.8 Å². The van der Waals surface area contributed by atoms with Gasteiger partial charge in [-0.3, -0.25) is 4.79 Å². The van der Waals surface area contributed by atoms with Gasteiger partial charge in [0.25, 0.3) is 0 Å². The molecule has 4 rings (SSSR count). The molecule has 0 amide bonds. The van der Waals surface area contributed by atoms with E-state index in [0.717, 1.165) is 35.4 Å². The van der Waals surface area contributed by atoms with Crippen molar-refractivity contribution in [3.8, 4) is 5.75 Å².